The van der Waals surface area contributed by atoms with Gasteiger partial charge < -0.3 is 0 Å². The summed E-state index contributed by atoms with van der Waals surface area (Å²) in [6.45, 7) is 0. The molecule has 0 nitrogen and oxygen atoms in total. The van der Waals surface area contributed by atoms with Gasteiger partial charge >= 0.3 is 0 Å². The lowest BCUT2D eigenvalue weighted by molar-refractivity contribution is 1.16. The van der Waals surface area contributed by atoms with Crippen LogP contribution >= 0.6 is 11.8 Å². The second-order valence-electron chi connectivity index (χ2n) is 2.15. The van der Waals surface area contributed by atoms with E-state index in [0.29, 0.717) is 0 Å². The van der Waals surface area contributed by atoms with Crippen LogP contribution in [0.5, 0.6) is 0 Å². The van der Waals surface area contributed by atoms with Gasteiger partial charge in [0.1, 0.15) is 0 Å². The van der Waals surface area contributed by atoms with Crippen molar-refractivity contribution in [3.63, 3.8) is 0 Å². The summed E-state index contributed by atoms with van der Waals surface area (Å²) in [4.78, 5) is 0. The molecular weight excluding hydrogens is 140 g/mol. The molecule has 0 saturated carbocycles. The second-order valence-corrected chi connectivity index (χ2v) is 3.14. The summed E-state index contributed by atoms with van der Waals surface area (Å²) in [5.74, 6) is 1.21. The van der Waals surface area contributed by atoms with Gasteiger partial charge in [0, 0.05) is 0 Å². The van der Waals surface area contributed by atoms with Crippen molar-refractivity contribution in [2.24, 2.45) is 0 Å². The molecule has 0 amide bonds. The minimum absolute atomic E-state index is 1.18. The molecule has 0 bridgehead atoms. The van der Waals surface area contributed by atoms with Gasteiger partial charge in [-0.05, 0) is 30.1 Å². The lowest BCUT2D eigenvalue weighted by Crippen LogP contribution is -1.85. The topological polar surface area (TPSA) is 0 Å². The van der Waals surface area contributed by atoms with E-state index in [2.05, 4.69) is 24.5 Å². The first-order chi connectivity index (χ1) is 4.93. The van der Waals surface area contributed by atoms with Gasteiger partial charge in [-0.25, -0.2) is 0 Å². The van der Waals surface area contributed by atoms with Gasteiger partial charge in [0.05, 0.1) is 0 Å². The summed E-state index contributed by atoms with van der Waals surface area (Å²) in [6, 6.07) is 11.2. The van der Waals surface area contributed by atoms with Crippen molar-refractivity contribution in [2.75, 3.05) is 12.0 Å². The fraction of sp³-hybridized carbons (Fsp3) is 0.333. The lowest BCUT2D eigenvalue weighted by Gasteiger charge is -1.96. The first-order valence-corrected chi connectivity index (χ1v) is 4.77. The van der Waals surface area contributed by atoms with Gasteiger partial charge in [0.15, 0.2) is 0 Å². The van der Waals surface area contributed by atoms with E-state index in [1.807, 2.05) is 23.9 Å². The van der Waals surface area contributed by atoms with Crippen molar-refractivity contribution in [3.8, 4) is 0 Å². The van der Waals surface area contributed by atoms with Crippen LogP contribution in [0.4, 0.5) is 0 Å². The molecule has 0 aliphatic carbocycles. The first-order valence-electron chi connectivity index (χ1n) is 3.37. The van der Waals surface area contributed by atoms with E-state index in [0.717, 1.165) is 0 Å². The van der Waals surface area contributed by atoms with E-state index in [1.165, 1.54) is 17.7 Å². The molecule has 0 aliphatic rings. The van der Waals surface area contributed by atoms with Crippen molar-refractivity contribution in [2.45, 2.75) is 6.42 Å². The fourth-order valence-electron chi connectivity index (χ4n) is 0.808. The molecule has 0 heterocycles. The van der Waals surface area contributed by atoms with Crippen molar-refractivity contribution < 1.29 is 0 Å². The summed E-state index contributed by atoms with van der Waals surface area (Å²) in [6.07, 6.45) is 3.31. The van der Waals surface area contributed by atoms with E-state index in [-0.39, 0.29) is 0 Å². The summed E-state index contributed by atoms with van der Waals surface area (Å²) in [7, 11) is 0. The summed E-state index contributed by atoms with van der Waals surface area (Å²) < 4.78 is 0. The molecule has 1 heteroatoms. The molecule has 1 radical (unpaired) electrons. The van der Waals surface area contributed by atoms with Gasteiger partial charge in [0.2, 0.25) is 0 Å². The second kappa shape index (κ2) is 4.40. The third kappa shape index (κ3) is 2.44. The van der Waals surface area contributed by atoms with Crippen LogP contribution in [0.15, 0.2) is 24.3 Å². The van der Waals surface area contributed by atoms with Gasteiger partial charge in [-0.15, -0.1) is 0 Å². The molecule has 0 fully saturated rings. The Hall–Kier alpha value is -0.430. The molecule has 0 aliphatic heterocycles. The monoisotopic (exact) mass is 151 g/mol. The van der Waals surface area contributed by atoms with Gasteiger partial charge in [-0.2, -0.15) is 11.8 Å². The van der Waals surface area contributed by atoms with Crippen LogP contribution in [-0.4, -0.2) is 12.0 Å². The van der Waals surface area contributed by atoms with E-state index >= 15 is 0 Å². The molecular formula is C9H11S. The SMILES string of the molecule is CSCCc1cc[c]cc1. The maximum atomic E-state index is 3.00. The third-order valence-corrected chi connectivity index (χ3v) is 1.99. The predicted octanol–water partition coefficient (Wildman–Crippen LogP) is 2.39. The smallest absolute Gasteiger partial charge is 0.00298 e. The van der Waals surface area contributed by atoms with Crippen molar-refractivity contribution in [3.05, 3.63) is 35.9 Å². The number of benzene rings is 1. The number of hydrogen-bond acceptors (Lipinski definition) is 1. The molecule has 0 saturated heterocycles. The Balaban J connectivity index is 2.43. The zero-order valence-corrected chi connectivity index (χ0v) is 6.95. The van der Waals surface area contributed by atoms with Gasteiger partial charge in [0.25, 0.3) is 0 Å². The molecule has 1 aromatic carbocycles. The van der Waals surface area contributed by atoms with Crippen molar-refractivity contribution in [1.29, 1.82) is 0 Å². The van der Waals surface area contributed by atoms with Gasteiger partial charge in [-0.1, -0.05) is 24.3 Å². The molecule has 10 heavy (non-hydrogen) atoms. The van der Waals surface area contributed by atoms with Crippen LogP contribution < -0.4 is 0 Å². The zero-order chi connectivity index (χ0) is 7.23. The molecule has 1 rings (SSSR count). The summed E-state index contributed by atoms with van der Waals surface area (Å²) in [5.41, 5.74) is 1.41. The highest BCUT2D eigenvalue weighted by atomic mass is 32.2. The van der Waals surface area contributed by atoms with Crippen LogP contribution in [0.1, 0.15) is 5.56 Å². The van der Waals surface area contributed by atoms with Crippen LogP contribution in [0.25, 0.3) is 0 Å². The van der Waals surface area contributed by atoms with Crippen molar-refractivity contribution in [1.82, 2.24) is 0 Å². The molecule has 0 spiro atoms. The Morgan fingerprint density at radius 2 is 2.10 bits per heavy atom. The van der Waals surface area contributed by atoms with E-state index in [9.17, 15) is 0 Å². The summed E-state index contributed by atoms with van der Waals surface area (Å²) in [5, 5.41) is 0. The van der Waals surface area contributed by atoms with E-state index in [4.69, 9.17) is 0 Å². The highest BCUT2D eigenvalue weighted by Gasteiger charge is 1.87. The van der Waals surface area contributed by atoms with Crippen LogP contribution in [0.2, 0.25) is 0 Å². The third-order valence-electron chi connectivity index (χ3n) is 1.38. The maximum Gasteiger partial charge on any atom is -0.00298 e. The Bertz CT molecular complexity index is 169. The van der Waals surface area contributed by atoms with Gasteiger partial charge in [-0.3, -0.25) is 0 Å². The molecule has 53 valence electrons. The van der Waals surface area contributed by atoms with Crippen LogP contribution in [0, 0.1) is 6.07 Å². The number of hydrogen-bond donors (Lipinski definition) is 0. The van der Waals surface area contributed by atoms with Crippen LogP contribution in [0.3, 0.4) is 0 Å². The molecule has 1 aromatic rings. The predicted molar refractivity (Wildman–Crippen MR) is 47.4 cm³/mol. The molecule has 0 atom stereocenters. The van der Waals surface area contributed by atoms with E-state index in [1.54, 1.807) is 0 Å². The normalized spacial score (nSPS) is 9.70. The van der Waals surface area contributed by atoms with E-state index < -0.39 is 0 Å². The number of aryl methyl sites for hydroxylation is 1. The average molecular weight is 151 g/mol. The lowest BCUT2D eigenvalue weighted by atomic mass is 10.2. The minimum Gasteiger partial charge on any atom is -0.165 e. The quantitative estimate of drug-likeness (QED) is 0.639. The first kappa shape index (κ1) is 7.67. The highest BCUT2D eigenvalue weighted by Crippen LogP contribution is 2.02. The number of thioether (sulfide) groups is 1. The maximum absolute atomic E-state index is 3.00. The Labute approximate surface area is 66.6 Å². The minimum atomic E-state index is 1.18. The molecule has 0 N–H and O–H groups in total. The summed E-state index contributed by atoms with van der Waals surface area (Å²) >= 11 is 1.89. The standard InChI is InChI=1S/C9H11S/c1-10-8-7-9-5-3-2-4-6-9/h3-6H,7-8H2,1H3. The Morgan fingerprint density at radius 1 is 1.40 bits per heavy atom. The molecule has 0 unspecified atom stereocenters. The Kier molecular flexibility index (Phi) is 3.37. The largest absolute Gasteiger partial charge is 0.165 e. The molecule has 0 aromatic heterocycles. The van der Waals surface area contributed by atoms with Crippen LogP contribution in [-0.2, 0) is 6.42 Å². The van der Waals surface area contributed by atoms with Crippen molar-refractivity contribution >= 4 is 11.8 Å². The fourth-order valence-corrected chi connectivity index (χ4v) is 1.25. The Morgan fingerprint density at radius 3 is 2.70 bits per heavy atom. The zero-order valence-electron chi connectivity index (χ0n) is 6.13. The highest BCUT2D eigenvalue weighted by molar-refractivity contribution is 7.98. The average Bonchev–Trinajstić information content (AvgIpc) is 2.03. The number of rotatable bonds is 3.